The van der Waals surface area contributed by atoms with E-state index in [0.717, 1.165) is 11.2 Å². The highest BCUT2D eigenvalue weighted by molar-refractivity contribution is 7.26. The lowest BCUT2D eigenvalue weighted by Gasteiger charge is -2.33. The highest BCUT2D eigenvalue weighted by Gasteiger charge is 2.43. The van der Waals surface area contributed by atoms with Gasteiger partial charge in [0, 0.05) is 75.3 Å². The lowest BCUT2D eigenvalue weighted by molar-refractivity contribution is 0.669. The van der Waals surface area contributed by atoms with Crippen molar-refractivity contribution in [1.29, 1.82) is 0 Å². The maximum absolute atomic E-state index is 6.72. The topological polar surface area (TPSA) is 23.0 Å². The van der Waals surface area contributed by atoms with E-state index in [-0.39, 0.29) is 6.85 Å². The molecule has 2 aliphatic rings. The van der Waals surface area contributed by atoms with Gasteiger partial charge in [0.25, 0.3) is 0 Å². The van der Waals surface area contributed by atoms with Gasteiger partial charge in [-0.3, -0.25) is 0 Å². The quantitative estimate of drug-likeness (QED) is 0.155. The van der Waals surface area contributed by atoms with Crippen LogP contribution in [-0.2, 0) is 0 Å². The molecule has 0 spiro atoms. The summed E-state index contributed by atoms with van der Waals surface area (Å²) in [6, 6.07) is 42.7. The molecule has 5 aromatic heterocycles. The van der Waals surface area contributed by atoms with Gasteiger partial charge in [0.1, 0.15) is 16.0 Å². The fourth-order valence-electron chi connectivity index (χ4n) is 9.09. The zero-order valence-electron chi connectivity index (χ0n) is 24.2. The van der Waals surface area contributed by atoms with Gasteiger partial charge in [0.15, 0.2) is 0 Å². The van der Waals surface area contributed by atoms with Gasteiger partial charge in [0.05, 0.1) is 10.3 Å². The summed E-state index contributed by atoms with van der Waals surface area (Å²) >= 11 is 3.83. The molecule has 13 rings (SSSR count). The molecule has 0 saturated heterocycles. The molecule has 7 heterocycles. The second-order valence-electron chi connectivity index (χ2n) is 12.8. The summed E-state index contributed by atoms with van der Waals surface area (Å²) in [5, 5.41) is 10.5. The van der Waals surface area contributed by atoms with Crippen LogP contribution in [0.3, 0.4) is 0 Å². The lowest BCUT2D eigenvalue weighted by Crippen LogP contribution is -2.55. The Morgan fingerprint density at radius 1 is 0.543 bits per heavy atom. The van der Waals surface area contributed by atoms with E-state index in [1.54, 1.807) is 0 Å². The number of benzene rings is 6. The van der Waals surface area contributed by atoms with Gasteiger partial charge in [0.2, 0.25) is 0 Å². The third-order valence-corrected chi connectivity index (χ3v) is 13.0. The summed E-state index contributed by atoms with van der Waals surface area (Å²) < 4.78 is 14.7. The van der Waals surface area contributed by atoms with Gasteiger partial charge in [-0.05, 0) is 34.7 Å². The van der Waals surface area contributed by atoms with Crippen LogP contribution >= 0.6 is 22.7 Å². The summed E-state index contributed by atoms with van der Waals surface area (Å²) in [5.74, 6) is 0. The van der Waals surface area contributed by atoms with Gasteiger partial charge in [-0.25, -0.2) is 0 Å². The smallest absolute Gasteiger partial charge is 0.333 e. The molecule has 0 N–H and O–H groups in total. The average molecular weight is 619 g/mol. The summed E-state index contributed by atoms with van der Waals surface area (Å²) in [7, 11) is 0. The molecule has 0 atom stereocenters. The Labute approximate surface area is 269 Å². The third kappa shape index (κ3) is 2.39. The maximum Gasteiger partial charge on any atom is 0.333 e. The van der Waals surface area contributed by atoms with Crippen LogP contribution in [0.15, 0.2) is 120 Å². The van der Waals surface area contributed by atoms with E-state index in [9.17, 15) is 0 Å². The van der Waals surface area contributed by atoms with Gasteiger partial charge >= 0.3 is 6.85 Å². The molecule has 6 aromatic carbocycles. The van der Waals surface area contributed by atoms with Crippen molar-refractivity contribution in [3.8, 4) is 16.8 Å². The van der Waals surface area contributed by atoms with Crippen molar-refractivity contribution in [3.63, 3.8) is 0 Å². The van der Waals surface area contributed by atoms with Crippen LogP contribution in [0.2, 0.25) is 0 Å². The van der Waals surface area contributed by atoms with Crippen molar-refractivity contribution < 1.29 is 4.42 Å². The molecule has 0 radical (unpaired) electrons. The fraction of sp³-hybridized carbons (Fsp3) is 0. The molecule has 0 amide bonds. The Bertz CT molecular complexity index is 3220. The van der Waals surface area contributed by atoms with E-state index < -0.39 is 0 Å². The Hall–Kier alpha value is -5.30. The van der Waals surface area contributed by atoms with Crippen LogP contribution in [-0.4, -0.2) is 15.9 Å². The Kier molecular flexibility index (Phi) is 3.80. The molecular weight excluding hydrogens is 599 g/mol. The van der Waals surface area contributed by atoms with E-state index in [1.165, 1.54) is 101 Å². The minimum Gasteiger partial charge on any atom is -0.456 e. The number of nitrogens with zero attached hydrogens (tertiary/aromatic N) is 2. The van der Waals surface area contributed by atoms with Crippen molar-refractivity contribution in [2.45, 2.75) is 0 Å². The van der Waals surface area contributed by atoms with Crippen molar-refractivity contribution in [2.24, 2.45) is 0 Å². The zero-order valence-corrected chi connectivity index (χ0v) is 25.8. The predicted molar refractivity (Wildman–Crippen MR) is 198 cm³/mol. The van der Waals surface area contributed by atoms with Crippen LogP contribution in [0.4, 0.5) is 0 Å². The first-order valence-electron chi connectivity index (χ1n) is 15.7. The van der Waals surface area contributed by atoms with Gasteiger partial charge in [-0.2, -0.15) is 0 Å². The second-order valence-corrected chi connectivity index (χ2v) is 14.8. The number of rotatable bonds is 0. The molecule has 0 fully saturated rings. The van der Waals surface area contributed by atoms with Crippen LogP contribution in [0.1, 0.15) is 0 Å². The number of hydrogen-bond acceptors (Lipinski definition) is 3. The molecule has 0 aliphatic carbocycles. The van der Waals surface area contributed by atoms with Gasteiger partial charge < -0.3 is 13.5 Å². The number of fused-ring (bicyclic) bond motifs is 18. The minimum absolute atomic E-state index is 0.0393. The van der Waals surface area contributed by atoms with E-state index in [4.69, 9.17) is 4.42 Å². The first-order chi connectivity index (χ1) is 22.8. The Balaban J connectivity index is 1.35. The third-order valence-electron chi connectivity index (χ3n) is 10.7. The molecule has 2 aliphatic heterocycles. The van der Waals surface area contributed by atoms with Crippen molar-refractivity contribution in [1.82, 2.24) is 9.05 Å². The first-order valence-corrected chi connectivity index (χ1v) is 17.4. The van der Waals surface area contributed by atoms with Crippen LogP contribution in [0, 0.1) is 0 Å². The monoisotopic (exact) mass is 618 g/mol. The number of thiophene rings is 2. The Morgan fingerprint density at radius 3 is 2.02 bits per heavy atom. The molecule has 0 bridgehead atoms. The Morgan fingerprint density at radius 2 is 1.20 bits per heavy atom. The van der Waals surface area contributed by atoms with Crippen molar-refractivity contribution >= 4 is 125 Å². The minimum atomic E-state index is 0.0393. The number of para-hydroxylation sites is 3. The van der Waals surface area contributed by atoms with E-state index in [1.807, 2.05) is 22.7 Å². The molecule has 0 unspecified atom stereocenters. The molecule has 11 aromatic rings. The second kappa shape index (κ2) is 7.56. The molecule has 6 heteroatoms. The normalized spacial score (nSPS) is 13.6. The summed E-state index contributed by atoms with van der Waals surface area (Å²) in [5.41, 5.74) is 11.2. The van der Waals surface area contributed by atoms with Crippen molar-refractivity contribution in [3.05, 3.63) is 115 Å². The standard InChI is InChI=1S/C40H19BN2OS2/c1-4-16-28-20(9-1)34-29(44-28)19-27-36-35(34)25-13-7-12-23-33-22-11-3-6-18-31(22)46-40(33)43(37(23)25)41(36)26-15-8-14-24-32-21-10-2-5-17-30(21)45-39(32)42(27)38(24)26/h1-19H. The van der Waals surface area contributed by atoms with Crippen LogP contribution < -0.4 is 10.9 Å². The van der Waals surface area contributed by atoms with Crippen molar-refractivity contribution in [2.75, 3.05) is 0 Å². The zero-order chi connectivity index (χ0) is 29.4. The number of hydrogen-bond donors (Lipinski definition) is 0. The molecular formula is C40H19BN2OS2. The summed E-state index contributed by atoms with van der Waals surface area (Å²) in [6.07, 6.45) is 0. The van der Waals surface area contributed by atoms with Gasteiger partial charge in [-0.15, -0.1) is 22.7 Å². The molecule has 210 valence electrons. The van der Waals surface area contributed by atoms with E-state index in [2.05, 4.69) is 124 Å². The average Bonchev–Trinajstić information content (AvgIpc) is 3.89. The fourth-order valence-corrected chi connectivity index (χ4v) is 11.6. The lowest BCUT2D eigenvalue weighted by atomic mass is 9.45. The van der Waals surface area contributed by atoms with Crippen LogP contribution in [0.25, 0.3) is 101 Å². The van der Waals surface area contributed by atoms with E-state index >= 15 is 0 Å². The highest BCUT2D eigenvalue weighted by atomic mass is 32.1. The largest absolute Gasteiger partial charge is 0.456 e. The SMILES string of the molecule is c1ccc2c(c1)oc1cc3c4c(c12)-c1cccc2c5c6ccccc6sc5n(c12)B4c1cccc2c4c5ccccc5sc4n-3c12. The predicted octanol–water partition coefficient (Wildman–Crippen LogP) is 10.2. The maximum atomic E-state index is 6.72. The molecule has 46 heavy (non-hydrogen) atoms. The first kappa shape index (κ1) is 23.1. The summed E-state index contributed by atoms with van der Waals surface area (Å²) in [6.45, 7) is 0.0393. The van der Waals surface area contributed by atoms with Crippen LogP contribution in [0.5, 0.6) is 0 Å². The number of aromatic nitrogens is 2. The molecule has 0 saturated carbocycles. The summed E-state index contributed by atoms with van der Waals surface area (Å²) in [4.78, 5) is 2.66. The highest BCUT2D eigenvalue weighted by Crippen LogP contribution is 2.51. The molecule has 3 nitrogen and oxygen atoms in total. The van der Waals surface area contributed by atoms with E-state index in [0.29, 0.717) is 0 Å². The van der Waals surface area contributed by atoms with Gasteiger partial charge in [-0.1, -0.05) is 91.0 Å². The number of furan rings is 1.